The minimum Gasteiger partial charge on any atom is -0.372 e. The lowest BCUT2D eigenvalue weighted by molar-refractivity contribution is -0.131. The third-order valence-electron chi connectivity index (χ3n) is 4.74. The maximum Gasteiger partial charge on any atom is 0.227 e. The summed E-state index contributed by atoms with van der Waals surface area (Å²) in [6.07, 6.45) is 5.19. The molecule has 0 atom stereocenters. The summed E-state index contributed by atoms with van der Waals surface area (Å²) in [6, 6.07) is 14.1. The Morgan fingerprint density at radius 1 is 1.15 bits per heavy atom. The molecule has 1 aliphatic rings. The van der Waals surface area contributed by atoms with Crippen molar-refractivity contribution < 1.29 is 4.79 Å². The van der Waals surface area contributed by atoms with Gasteiger partial charge in [0, 0.05) is 44.6 Å². The van der Waals surface area contributed by atoms with Gasteiger partial charge in [-0.15, -0.1) is 5.10 Å². The van der Waals surface area contributed by atoms with E-state index < -0.39 is 0 Å². The highest BCUT2D eigenvalue weighted by molar-refractivity contribution is 5.79. The summed E-state index contributed by atoms with van der Waals surface area (Å²) in [5.74, 6) is 0.880. The van der Waals surface area contributed by atoms with E-state index in [-0.39, 0.29) is 5.91 Å². The van der Waals surface area contributed by atoms with Gasteiger partial charge in [0.25, 0.3) is 0 Å². The van der Waals surface area contributed by atoms with Crippen LogP contribution in [-0.2, 0) is 24.2 Å². The van der Waals surface area contributed by atoms with Crippen LogP contribution in [0.2, 0.25) is 0 Å². The highest BCUT2D eigenvalue weighted by Gasteiger charge is 2.22. The molecule has 1 aromatic carbocycles. The molecule has 6 nitrogen and oxygen atoms in total. The molecule has 0 fully saturated rings. The van der Waals surface area contributed by atoms with E-state index in [4.69, 9.17) is 0 Å². The number of amides is 1. The average Bonchev–Trinajstić information content (AvgIpc) is 3.22. The van der Waals surface area contributed by atoms with Crippen molar-refractivity contribution in [3.8, 4) is 5.69 Å². The molecule has 4 rings (SSSR count). The number of nitrogens with zero attached hydrogens (tertiary/aromatic N) is 4. The number of aromatic nitrogens is 3. The fourth-order valence-corrected chi connectivity index (χ4v) is 3.24. The number of benzene rings is 1. The molecule has 0 radical (unpaired) electrons. The van der Waals surface area contributed by atoms with Gasteiger partial charge < -0.3 is 14.8 Å². The fraction of sp³-hybridized carbons (Fsp3) is 0.250. The van der Waals surface area contributed by atoms with Crippen LogP contribution in [-0.4, -0.2) is 39.2 Å². The molecule has 0 aliphatic carbocycles. The number of rotatable bonds is 4. The van der Waals surface area contributed by atoms with E-state index in [9.17, 15) is 4.79 Å². The smallest absolute Gasteiger partial charge is 0.227 e. The second-order valence-corrected chi connectivity index (χ2v) is 6.45. The van der Waals surface area contributed by atoms with Gasteiger partial charge in [-0.05, 0) is 41.5 Å². The highest BCUT2D eigenvalue weighted by atomic mass is 16.2. The van der Waals surface area contributed by atoms with Gasteiger partial charge in [-0.1, -0.05) is 12.1 Å². The SMILES string of the molecule is CNc1cc2c(nn1)CCN(C(=O)Cc1ccc(-n3cccc3)cc1)C2. The lowest BCUT2D eigenvalue weighted by Gasteiger charge is -2.28. The largest absolute Gasteiger partial charge is 0.372 e. The Morgan fingerprint density at radius 3 is 2.65 bits per heavy atom. The minimum absolute atomic E-state index is 0.146. The van der Waals surface area contributed by atoms with Crippen molar-refractivity contribution in [3.05, 3.63) is 71.7 Å². The molecule has 0 bridgehead atoms. The van der Waals surface area contributed by atoms with E-state index >= 15 is 0 Å². The van der Waals surface area contributed by atoms with E-state index in [0.717, 1.165) is 34.7 Å². The van der Waals surface area contributed by atoms with Crippen LogP contribution in [0.15, 0.2) is 54.9 Å². The van der Waals surface area contributed by atoms with Crippen LogP contribution < -0.4 is 5.32 Å². The van der Waals surface area contributed by atoms with E-state index in [0.29, 0.717) is 19.5 Å². The monoisotopic (exact) mass is 347 g/mol. The molecule has 0 saturated heterocycles. The summed E-state index contributed by atoms with van der Waals surface area (Å²) in [7, 11) is 1.82. The molecule has 26 heavy (non-hydrogen) atoms. The Bertz CT molecular complexity index is 902. The van der Waals surface area contributed by atoms with Crippen molar-refractivity contribution in [2.45, 2.75) is 19.4 Å². The molecule has 1 amide bonds. The van der Waals surface area contributed by atoms with E-state index in [2.05, 4.69) is 15.5 Å². The summed E-state index contributed by atoms with van der Waals surface area (Å²) in [6.45, 7) is 1.29. The zero-order valence-corrected chi connectivity index (χ0v) is 14.7. The normalized spacial score (nSPS) is 13.3. The lowest BCUT2D eigenvalue weighted by atomic mass is 10.0. The molecule has 0 unspecified atom stereocenters. The Kier molecular flexibility index (Phi) is 4.39. The highest BCUT2D eigenvalue weighted by Crippen LogP contribution is 2.20. The summed E-state index contributed by atoms with van der Waals surface area (Å²) in [5, 5.41) is 11.4. The van der Waals surface area contributed by atoms with E-state index in [1.54, 1.807) is 0 Å². The summed E-state index contributed by atoms with van der Waals surface area (Å²) in [5.41, 5.74) is 4.19. The molecule has 0 saturated carbocycles. The maximum absolute atomic E-state index is 12.7. The second kappa shape index (κ2) is 7.00. The van der Waals surface area contributed by atoms with Crippen molar-refractivity contribution >= 4 is 11.7 Å². The lowest BCUT2D eigenvalue weighted by Crippen LogP contribution is -2.37. The predicted octanol–water partition coefficient (Wildman–Crippen LogP) is 2.44. The van der Waals surface area contributed by atoms with Crippen LogP contribution in [0.4, 0.5) is 5.82 Å². The number of hydrogen-bond acceptors (Lipinski definition) is 4. The number of fused-ring (bicyclic) bond motifs is 1. The van der Waals surface area contributed by atoms with Crippen LogP contribution in [0.1, 0.15) is 16.8 Å². The quantitative estimate of drug-likeness (QED) is 0.787. The van der Waals surface area contributed by atoms with Gasteiger partial charge in [-0.3, -0.25) is 4.79 Å². The molecule has 1 aliphatic heterocycles. The van der Waals surface area contributed by atoms with Gasteiger partial charge in [0.05, 0.1) is 12.1 Å². The molecule has 6 heteroatoms. The number of carbonyl (C=O) groups is 1. The zero-order valence-electron chi connectivity index (χ0n) is 14.7. The van der Waals surface area contributed by atoms with Crippen LogP contribution in [0, 0.1) is 0 Å². The predicted molar refractivity (Wildman–Crippen MR) is 100 cm³/mol. The van der Waals surface area contributed by atoms with Crippen molar-refractivity contribution in [3.63, 3.8) is 0 Å². The van der Waals surface area contributed by atoms with Gasteiger partial charge >= 0.3 is 0 Å². The van der Waals surface area contributed by atoms with Gasteiger partial charge in [-0.25, -0.2) is 0 Å². The molecule has 0 spiro atoms. The molecule has 1 N–H and O–H groups in total. The van der Waals surface area contributed by atoms with Gasteiger partial charge in [0.2, 0.25) is 5.91 Å². The number of nitrogens with one attached hydrogen (secondary N) is 1. The van der Waals surface area contributed by atoms with E-state index in [1.807, 2.05) is 71.4 Å². The van der Waals surface area contributed by atoms with Crippen LogP contribution in [0.3, 0.4) is 0 Å². The summed E-state index contributed by atoms with van der Waals surface area (Å²) < 4.78 is 2.05. The molecule has 132 valence electrons. The molecular formula is C20H21N5O. The van der Waals surface area contributed by atoms with Gasteiger partial charge in [0.15, 0.2) is 0 Å². The fourth-order valence-electron chi connectivity index (χ4n) is 3.24. The first-order valence-corrected chi connectivity index (χ1v) is 8.76. The van der Waals surface area contributed by atoms with Crippen molar-refractivity contribution in [1.29, 1.82) is 0 Å². The van der Waals surface area contributed by atoms with Gasteiger partial charge in [-0.2, -0.15) is 5.10 Å². The topological polar surface area (TPSA) is 63.1 Å². The second-order valence-electron chi connectivity index (χ2n) is 6.45. The summed E-state index contributed by atoms with van der Waals surface area (Å²) in [4.78, 5) is 14.6. The molecule has 3 aromatic rings. The maximum atomic E-state index is 12.7. The Balaban J connectivity index is 1.43. The standard InChI is InChI=1S/C20H21N5O/c1-21-19-13-16-14-25(11-8-18(16)22-23-19)20(26)12-15-4-6-17(7-5-15)24-9-2-3-10-24/h2-7,9-10,13H,8,11-12,14H2,1H3,(H,21,23). The first-order chi connectivity index (χ1) is 12.7. The third-order valence-corrected chi connectivity index (χ3v) is 4.74. The molecule has 3 heterocycles. The van der Waals surface area contributed by atoms with E-state index in [1.165, 1.54) is 0 Å². The van der Waals surface area contributed by atoms with Crippen LogP contribution >= 0.6 is 0 Å². The molecular weight excluding hydrogens is 326 g/mol. The first-order valence-electron chi connectivity index (χ1n) is 8.76. The van der Waals surface area contributed by atoms with Crippen LogP contribution in [0.5, 0.6) is 0 Å². The summed E-state index contributed by atoms with van der Waals surface area (Å²) >= 11 is 0. The number of carbonyl (C=O) groups excluding carboxylic acids is 1. The van der Waals surface area contributed by atoms with Crippen LogP contribution in [0.25, 0.3) is 5.69 Å². The van der Waals surface area contributed by atoms with Crippen molar-refractivity contribution in [2.75, 3.05) is 18.9 Å². The Labute approximate surface area is 152 Å². The molecule has 2 aromatic heterocycles. The Hall–Kier alpha value is -3.15. The minimum atomic E-state index is 0.146. The first kappa shape index (κ1) is 16.3. The number of hydrogen-bond donors (Lipinski definition) is 1. The van der Waals surface area contributed by atoms with Crippen molar-refractivity contribution in [1.82, 2.24) is 19.7 Å². The van der Waals surface area contributed by atoms with Crippen molar-refractivity contribution in [2.24, 2.45) is 0 Å². The Morgan fingerprint density at radius 2 is 1.92 bits per heavy atom. The zero-order chi connectivity index (χ0) is 17.9. The van der Waals surface area contributed by atoms with Gasteiger partial charge in [0.1, 0.15) is 5.82 Å². The number of anilines is 1. The third kappa shape index (κ3) is 3.31. The average molecular weight is 347 g/mol.